The molecule has 0 aromatic heterocycles. The van der Waals surface area contributed by atoms with Crippen molar-refractivity contribution in [3.05, 3.63) is 77.9 Å². The largest absolute Gasteiger partial charge is 0.488 e. The molecule has 0 aliphatic carbocycles. The van der Waals surface area contributed by atoms with Gasteiger partial charge in [0.2, 0.25) is 23.6 Å². The molecule has 56 heavy (non-hydrogen) atoms. The van der Waals surface area contributed by atoms with Gasteiger partial charge >= 0.3 is 6.09 Å². The van der Waals surface area contributed by atoms with E-state index < -0.39 is 77.5 Å². The Bertz CT molecular complexity index is 1940. The molecule has 2 fully saturated rings. The maximum atomic E-state index is 14.7. The highest BCUT2D eigenvalue weighted by molar-refractivity contribution is 6.05. The summed E-state index contributed by atoms with van der Waals surface area (Å²) < 4.78 is 11.4. The number of hydrogen-bond donors (Lipinski definition) is 4. The Balaban J connectivity index is 1.52. The first-order chi connectivity index (χ1) is 26.4. The van der Waals surface area contributed by atoms with Crippen molar-refractivity contribution >= 4 is 46.4 Å². The van der Waals surface area contributed by atoms with Crippen LogP contribution in [-0.4, -0.2) is 100 Å². The first-order valence-electron chi connectivity index (χ1n) is 19.1. The van der Waals surface area contributed by atoms with Gasteiger partial charge in [0, 0.05) is 19.4 Å². The van der Waals surface area contributed by atoms with Crippen molar-refractivity contribution in [2.45, 2.75) is 109 Å². The summed E-state index contributed by atoms with van der Waals surface area (Å²) in [7, 11) is 0. The van der Waals surface area contributed by atoms with Crippen molar-refractivity contribution < 1.29 is 38.2 Å². The van der Waals surface area contributed by atoms with Gasteiger partial charge in [-0.05, 0) is 101 Å². The first-order valence-corrected chi connectivity index (χ1v) is 19.1. The average Bonchev–Trinajstić information content (AvgIpc) is 3.62. The Morgan fingerprint density at radius 1 is 0.893 bits per heavy atom. The van der Waals surface area contributed by atoms with E-state index in [1.54, 1.807) is 45.0 Å². The van der Waals surface area contributed by atoms with E-state index in [0.717, 1.165) is 21.2 Å². The number of carbonyl (C=O) groups excluding carboxylic acids is 6. The van der Waals surface area contributed by atoms with Gasteiger partial charge in [-0.15, -0.1) is 0 Å². The summed E-state index contributed by atoms with van der Waals surface area (Å²) in [5.41, 5.74) is 6.00. The van der Waals surface area contributed by atoms with Crippen LogP contribution in [0.15, 0.2) is 66.7 Å². The zero-order chi connectivity index (χ0) is 40.8. The lowest BCUT2D eigenvalue weighted by atomic mass is 9.99. The minimum atomic E-state index is -1.50. The summed E-state index contributed by atoms with van der Waals surface area (Å²) in [6, 6.07) is 15.5. The van der Waals surface area contributed by atoms with Crippen LogP contribution >= 0.6 is 0 Å². The molecular weight excluding hydrogens is 716 g/mol. The number of rotatable bonds is 9. The summed E-state index contributed by atoms with van der Waals surface area (Å²) in [4.78, 5) is 86.6. The third-order valence-corrected chi connectivity index (χ3v) is 9.46. The highest BCUT2D eigenvalue weighted by atomic mass is 16.6. The fourth-order valence-corrected chi connectivity index (χ4v) is 7.02. The van der Waals surface area contributed by atoms with Gasteiger partial charge in [-0.25, -0.2) is 4.79 Å². The SMILES string of the molecule is CC(C)(C)OC(=O)N[C@@H](Cc1ccc(OC(C)(C)C)cc1)C(=O)N1C(=O)CNC(=O)[C@H]2CCCN2C(=O)[C@H](Cc2ccc3ccccc3c2)NC(=O)[C@H]1CCN. The summed E-state index contributed by atoms with van der Waals surface area (Å²) in [5, 5.41) is 10.0. The molecule has 5 N–H and O–H groups in total. The van der Waals surface area contributed by atoms with E-state index in [0.29, 0.717) is 30.7 Å². The average molecular weight is 771 g/mol. The number of benzene rings is 3. The Hall–Kier alpha value is -5.50. The van der Waals surface area contributed by atoms with Crippen molar-refractivity contribution in [1.82, 2.24) is 25.8 Å². The maximum Gasteiger partial charge on any atom is 0.408 e. The molecule has 3 aromatic rings. The first kappa shape index (κ1) is 41.7. The lowest BCUT2D eigenvalue weighted by Gasteiger charge is -2.35. The number of hydrogen-bond acceptors (Lipinski definition) is 9. The number of nitrogens with one attached hydrogen (secondary N) is 3. The summed E-state index contributed by atoms with van der Waals surface area (Å²) in [5.74, 6) is -3.00. The van der Waals surface area contributed by atoms with E-state index in [9.17, 15) is 28.8 Å². The van der Waals surface area contributed by atoms with Crippen LogP contribution in [-0.2, 0) is 41.6 Å². The molecule has 14 heteroatoms. The van der Waals surface area contributed by atoms with Crippen molar-refractivity contribution in [1.29, 1.82) is 0 Å². The molecule has 0 spiro atoms. The number of amides is 6. The predicted molar refractivity (Wildman–Crippen MR) is 210 cm³/mol. The van der Waals surface area contributed by atoms with E-state index in [2.05, 4.69) is 16.0 Å². The Morgan fingerprint density at radius 2 is 1.57 bits per heavy atom. The second-order valence-corrected chi connectivity index (χ2v) is 16.3. The molecule has 0 radical (unpaired) electrons. The smallest absolute Gasteiger partial charge is 0.408 e. The Kier molecular flexibility index (Phi) is 13.0. The van der Waals surface area contributed by atoms with E-state index >= 15 is 0 Å². The van der Waals surface area contributed by atoms with Gasteiger partial charge in [-0.2, -0.15) is 0 Å². The standard InChI is InChI=1S/C42H54N6O8/c1-41(2,3)55-30-17-14-26(15-18-30)23-32(46-40(54)56-42(4,5)6)39(53)48-34(19-20-43)37(51)45-31(24-27-13-16-28-10-7-8-11-29(28)22-27)38(52)47-21-9-12-33(47)36(50)44-25-35(48)49/h7-8,10-11,13-18,22,31-34H,9,12,19-21,23-25,43H2,1-6H3,(H,44,50)(H,45,51)(H,46,54)/t31-,32-,33+,34+/m0/s1. The van der Waals surface area contributed by atoms with Crippen LogP contribution in [0.3, 0.4) is 0 Å². The summed E-state index contributed by atoms with van der Waals surface area (Å²) in [6.07, 6.45) is -0.186. The lowest BCUT2D eigenvalue weighted by molar-refractivity contribution is -0.154. The number of alkyl carbamates (subject to hydrolysis) is 1. The monoisotopic (exact) mass is 770 g/mol. The van der Waals surface area contributed by atoms with Crippen LogP contribution in [0.1, 0.15) is 71.9 Å². The number of nitrogens with zero attached hydrogens (tertiary/aromatic N) is 2. The molecule has 5 rings (SSSR count). The molecule has 300 valence electrons. The Morgan fingerprint density at radius 3 is 2.23 bits per heavy atom. The van der Waals surface area contributed by atoms with Gasteiger partial charge < -0.3 is 36.1 Å². The van der Waals surface area contributed by atoms with Crippen molar-refractivity contribution in [3.8, 4) is 5.75 Å². The van der Waals surface area contributed by atoms with Crippen LogP contribution in [0.25, 0.3) is 10.8 Å². The molecule has 2 heterocycles. The van der Waals surface area contributed by atoms with Crippen LogP contribution in [0, 0.1) is 0 Å². The summed E-state index contributed by atoms with van der Waals surface area (Å²) >= 11 is 0. The summed E-state index contributed by atoms with van der Waals surface area (Å²) in [6.45, 7) is 10.3. The molecule has 2 aliphatic rings. The third-order valence-electron chi connectivity index (χ3n) is 9.46. The second-order valence-electron chi connectivity index (χ2n) is 16.3. The van der Waals surface area contributed by atoms with E-state index in [4.69, 9.17) is 15.2 Å². The normalized spacial score (nSPS) is 20.3. The van der Waals surface area contributed by atoms with Crippen molar-refractivity contribution in [2.75, 3.05) is 19.6 Å². The fourth-order valence-electron chi connectivity index (χ4n) is 7.02. The van der Waals surface area contributed by atoms with Gasteiger partial charge in [-0.1, -0.05) is 54.6 Å². The highest BCUT2D eigenvalue weighted by Crippen LogP contribution is 2.24. The van der Waals surface area contributed by atoms with Crippen LogP contribution < -0.4 is 26.4 Å². The van der Waals surface area contributed by atoms with Crippen LogP contribution in [0.4, 0.5) is 4.79 Å². The zero-order valence-corrected chi connectivity index (χ0v) is 33.1. The van der Waals surface area contributed by atoms with Gasteiger partial charge in [0.15, 0.2) is 0 Å². The van der Waals surface area contributed by atoms with E-state index in [1.807, 2.05) is 63.2 Å². The molecule has 6 amide bonds. The minimum Gasteiger partial charge on any atom is -0.488 e. The quantitative estimate of drug-likeness (QED) is 0.253. The van der Waals surface area contributed by atoms with E-state index in [-0.39, 0.29) is 25.8 Å². The zero-order valence-electron chi connectivity index (χ0n) is 33.1. The number of ether oxygens (including phenoxy) is 2. The maximum absolute atomic E-state index is 14.7. The van der Waals surface area contributed by atoms with Gasteiger partial charge in [0.25, 0.3) is 5.91 Å². The molecule has 3 aromatic carbocycles. The van der Waals surface area contributed by atoms with E-state index in [1.165, 1.54) is 4.90 Å². The molecule has 14 nitrogen and oxygen atoms in total. The molecule has 0 bridgehead atoms. The fraction of sp³-hybridized carbons (Fsp3) is 0.476. The van der Waals surface area contributed by atoms with Crippen molar-refractivity contribution in [2.24, 2.45) is 5.73 Å². The van der Waals surface area contributed by atoms with Crippen LogP contribution in [0.2, 0.25) is 0 Å². The number of imide groups is 1. The van der Waals surface area contributed by atoms with Gasteiger partial charge in [0.05, 0.1) is 6.54 Å². The Labute approximate surface area is 327 Å². The number of carbonyl (C=O) groups is 6. The second kappa shape index (κ2) is 17.5. The molecular formula is C42H54N6O8. The molecule has 0 unspecified atom stereocenters. The minimum absolute atomic E-state index is 0.0786. The highest BCUT2D eigenvalue weighted by Gasteiger charge is 2.43. The topological polar surface area (TPSA) is 189 Å². The predicted octanol–water partition coefficient (Wildman–Crippen LogP) is 3.37. The lowest BCUT2D eigenvalue weighted by Crippen LogP contribution is -2.63. The van der Waals surface area contributed by atoms with Crippen LogP contribution in [0.5, 0.6) is 5.75 Å². The molecule has 4 atom stereocenters. The molecule has 2 aliphatic heterocycles. The number of fused-ring (bicyclic) bond motifs is 2. The van der Waals surface area contributed by atoms with Crippen molar-refractivity contribution in [3.63, 3.8) is 0 Å². The molecule has 0 saturated carbocycles. The number of nitrogens with two attached hydrogens (primary N) is 1. The molecule has 2 saturated heterocycles. The third kappa shape index (κ3) is 10.8. The van der Waals surface area contributed by atoms with Gasteiger partial charge in [0.1, 0.15) is 41.1 Å². The van der Waals surface area contributed by atoms with Gasteiger partial charge in [-0.3, -0.25) is 28.9 Å².